The molecular weight excluding hydrogens is 398 g/mol. The molecule has 0 aliphatic carbocycles. The van der Waals surface area contributed by atoms with Crippen molar-refractivity contribution in [3.63, 3.8) is 0 Å². The third-order valence-corrected chi connectivity index (χ3v) is 5.51. The third-order valence-electron chi connectivity index (χ3n) is 4.60. The fourth-order valence-corrected chi connectivity index (χ4v) is 3.68. The van der Waals surface area contributed by atoms with E-state index >= 15 is 0 Å². The molecule has 10 heteroatoms. The molecule has 0 radical (unpaired) electrons. The van der Waals surface area contributed by atoms with Crippen molar-refractivity contribution in [3.8, 4) is 11.5 Å². The molecule has 3 rings (SSSR count). The molecule has 1 aliphatic heterocycles. The van der Waals surface area contributed by atoms with E-state index in [9.17, 15) is 18.0 Å². The monoisotopic (exact) mass is 419 g/mol. The largest absolute Gasteiger partial charge is 0.497 e. The summed E-state index contributed by atoms with van der Waals surface area (Å²) in [7, 11) is -0.876. The Labute approximate surface area is 168 Å². The van der Waals surface area contributed by atoms with Crippen LogP contribution in [0, 0.1) is 5.92 Å². The zero-order valence-electron chi connectivity index (χ0n) is 15.9. The van der Waals surface area contributed by atoms with Gasteiger partial charge in [0.15, 0.2) is 0 Å². The summed E-state index contributed by atoms with van der Waals surface area (Å²) in [6.45, 7) is 0.156. The second kappa shape index (κ2) is 8.10. The van der Waals surface area contributed by atoms with Crippen molar-refractivity contribution in [1.29, 1.82) is 0 Å². The molecule has 2 aromatic rings. The number of carbonyl (C=O) groups excluding carboxylic acids is 2. The van der Waals surface area contributed by atoms with Gasteiger partial charge in [0.25, 0.3) is 0 Å². The SMILES string of the molecule is COc1ccc(OC)c(N2C[C@@H](C(=O)Nc3cccc(S(N)(=O)=O)c3)CC2=O)c1. The van der Waals surface area contributed by atoms with Crippen molar-refractivity contribution in [2.45, 2.75) is 11.3 Å². The molecule has 0 spiro atoms. The molecule has 9 nitrogen and oxygen atoms in total. The normalized spacial score (nSPS) is 16.6. The summed E-state index contributed by atoms with van der Waals surface area (Å²) in [5, 5.41) is 7.76. The van der Waals surface area contributed by atoms with Gasteiger partial charge in [-0.05, 0) is 30.3 Å². The average Bonchev–Trinajstić information content (AvgIpc) is 3.08. The number of carbonyl (C=O) groups is 2. The average molecular weight is 419 g/mol. The number of ether oxygens (including phenoxy) is 2. The van der Waals surface area contributed by atoms with Crippen LogP contribution >= 0.6 is 0 Å². The van der Waals surface area contributed by atoms with Crippen molar-refractivity contribution in [2.24, 2.45) is 11.1 Å². The van der Waals surface area contributed by atoms with Crippen LogP contribution in [0.2, 0.25) is 0 Å². The molecule has 29 heavy (non-hydrogen) atoms. The van der Waals surface area contributed by atoms with E-state index in [2.05, 4.69) is 5.32 Å². The minimum Gasteiger partial charge on any atom is -0.497 e. The van der Waals surface area contributed by atoms with Crippen LogP contribution < -0.4 is 24.8 Å². The predicted octanol–water partition coefficient (Wildman–Crippen LogP) is 1.34. The highest BCUT2D eigenvalue weighted by molar-refractivity contribution is 7.89. The van der Waals surface area contributed by atoms with Gasteiger partial charge in [0, 0.05) is 24.7 Å². The molecule has 1 heterocycles. The van der Waals surface area contributed by atoms with Crippen molar-refractivity contribution in [1.82, 2.24) is 0 Å². The van der Waals surface area contributed by atoms with Gasteiger partial charge in [-0.2, -0.15) is 0 Å². The minimum absolute atomic E-state index is 0.0150. The Morgan fingerprint density at radius 2 is 1.93 bits per heavy atom. The van der Waals surface area contributed by atoms with Gasteiger partial charge < -0.3 is 19.7 Å². The summed E-state index contributed by atoms with van der Waals surface area (Å²) in [5.74, 6) is -0.191. The number of anilines is 2. The Hall–Kier alpha value is -3.11. The Balaban J connectivity index is 1.78. The summed E-state index contributed by atoms with van der Waals surface area (Å²) < 4.78 is 33.5. The van der Waals surface area contributed by atoms with Gasteiger partial charge in [0.2, 0.25) is 21.8 Å². The van der Waals surface area contributed by atoms with Crippen LogP contribution in [0.1, 0.15) is 6.42 Å². The lowest BCUT2D eigenvalue weighted by molar-refractivity contribution is -0.122. The number of nitrogens with zero attached hydrogens (tertiary/aromatic N) is 1. The van der Waals surface area contributed by atoms with Crippen LogP contribution in [0.25, 0.3) is 0 Å². The zero-order chi connectivity index (χ0) is 21.2. The molecule has 2 amide bonds. The molecule has 1 atom stereocenters. The maximum atomic E-state index is 12.6. The van der Waals surface area contributed by atoms with Gasteiger partial charge >= 0.3 is 0 Å². The third kappa shape index (κ3) is 4.49. The maximum Gasteiger partial charge on any atom is 0.238 e. The first kappa shape index (κ1) is 20.6. The Morgan fingerprint density at radius 3 is 2.59 bits per heavy atom. The lowest BCUT2D eigenvalue weighted by Crippen LogP contribution is -2.28. The van der Waals surface area contributed by atoms with E-state index in [1.165, 1.54) is 37.3 Å². The summed E-state index contributed by atoms with van der Waals surface area (Å²) >= 11 is 0. The van der Waals surface area contributed by atoms with E-state index in [1.807, 2.05) is 0 Å². The lowest BCUT2D eigenvalue weighted by atomic mass is 10.1. The van der Waals surface area contributed by atoms with Crippen LogP contribution in [-0.2, 0) is 19.6 Å². The number of hydrogen-bond acceptors (Lipinski definition) is 6. The van der Waals surface area contributed by atoms with E-state index in [-0.39, 0.29) is 29.5 Å². The van der Waals surface area contributed by atoms with Gasteiger partial charge in [0.05, 0.1) is 30.7 Å². The molecule has 0 aromatic heterocycles. The van der Waals surface area contributed by atoms with E-state index in [1.54, 1.807) is 24.3 Å². The highest BCUT2D eigenvalue weighted by Crippen LogP contribution is 2.36. The molecule has 2 aromatic carbocycles. The summed E-state index contributed by atoms with van der Waals surface area (Å²) in [6, 6.07) is 10.7. The van der Waals surface area contributed by atoms with E-state index in [4.69, 9.17) is 14.6 Å². The standard InChI is InChI=1S/C19H21N3O6S/c1-27-14-6-7-17(28-2)16(10-14)22-11-12(8-18(22)23)19(24)21-13-4-3-5-15(9-13)29(20,25)26/h3-7,9-10,12H,8,11H2,1-2H3,(H,21,24)(H2,20,25,26)/t12-/m0/s1. The van der Waals surface area contributed by atoms with E-state index in [0.29, 0.717) is 17.2 Å². The first-order valence-corrected chi connectivity index (χ1v) is 10.2. The Kier molecular flexibility index (Phi) is 5.76. The number of nitrogens with one attached hydrogen (secondary N) is 1. The van der Waals surface area contributed by atoms with Crippen LogP contribution in [0.5, 0.6) is 11.5 Å². The van der Waals surface area contributed by atoms with Crippen LogP contribution in [0.15, 0.2) is 47.4 Å². The molecule has 0 unspecified atom stereocenters. The minimum atomic E-state index is -3.89. The fraction of sp³-hybridized carbons (Fsp3) is 0.263. The highest BCUT2D eigenvalue weighted by atomic mass is 32.2. The fourth-order valence-electron chi connectivity index (χ4n) is 3.12. The molecule has 0 saturated carbocycles. The van der Waals surface area contributed by atoms with Crippen LogP contribution in [0.3, 0.4) is 0 Å². The zero-order valence-corrected chi connectivity index (χ0v) is 16.7. The smallest absolute Gasteiger partial charge is 0.238 e. The Morgan fingerprint density at radius 1 is 1.17 bits per heavy atom. The molecule has 1 aliphatic rings. The van der Waals surface area contributed by atoms with Crippen LogP contribution in [-0.4, -0.2) is 41.0 Å². The van der Waals surface area contributed by atoms with Crippen LogP contribution in [0.4, 0.5) is 11.4 Å². The molecule has 1 saturated heterocycles. The molecular formula is C19H21N3O6S. The van der Waals surface area contributed by atoms with Crippen molar-refractivity contribution in [2.75, 3.05) is 31.0 Å². The van der Waals surface area contributed by atoms with Crippen molar-refractivity contribution < 1.29 is 27.5 Å². The van der Waals surface area contributed by atoms with E-state index in [0.717, 1.165) is 0 Å². The number of sulfonamides is 1. The molecule has 3 N–H and O–H groups in total. The number of hydrogen-bond donors (Lipinski definition) is 2. The predicted molar refractivity (Wildman–Crippen MR) is 106 cm³/mol. The summed E-state index contributed by atoms with van der Waals surface area (Å²) in [4.78, 5) is 26.6. The molecule has 1 fully saturated rings. The van der Waals surface area contributed by atoms with Gasteiger partial charge in [-0.15, -0.1) is 0 Å². The number of rotatable bonds is 6. The van der Waals surface area contributed by atoms with Gasteiger partial charge in [-0.25, -0.2) is 13.6 Å². The van der Waals surface area contributed by atoms with Gasteiger partial charge in [-0.3, -0.25) is 9.59 Å². The molecule has 0 bridgehead atoms. The highest BCUT2D eigenvalue weighted by Gasteiger charge is 2.36. The van der Waals surface area contributed by atoms with Gasteiger partial charge in [0.1, 0.15) is 11.5 Å². The number of nitrogens with two attached hydrogens (primary N) is 1. The van der Waals surface area contributed by atoms with E-state index < -0.39 is 21.8 Å². The quantitative estimate of drug-likeness (QED) is 0.727. The van der Waals surface area contributed by atoms with Crippen molar-refractivity contribution >= 4 is 33.2 Å². The summed E-state index contributed by atoms with van der Waals surface area (Å²) in [5.41, 5.74) is 0.801. The Bertz CT molecular complexity index is 1050. The number of methoxy groups -OCH3 is 2. The number of amides is 2. The van der Waals surface area contributed by atoms with Crippen molar-refractivity contribution in [3.05, 3.63) is 42.5 Å². The number of benzene rings is 2. The first-order chi connectivity index (χ1) is 13.7. The lowest BCUT2D eigenvalue weighted by Gasteiger charge is -2.20. The summed E-state index contributed by atoms with van der Waals surface area (Å²) in [6.07, 6.45) is 0.0150. The number of primary sulfonamides is 1. The second-order valence-electron chi connectivity index (χ2n) is 6.51. The maximum absolute atomic E-state index is 12.6. The van der Waals surface area contributed by atoms with Gasteiger partial charge in [-0.1, -0.05) is 6.07 Å². The second-order valence-corrected chi connectivity index (χ2v) is 8.07. The first-order valence-electron chi connectivity index (χ1n) is 8.69. The topological polar surface area (TPSA) is 128 Å². The molecule has 154 valence electrons.